The third-order valence-corrected chi connectivity index (χ3v) is 5.42. The van der Waals surface area contributed by atoms with E-state index in [4.69, 9.17) is 4.74 Å². The summed E-state index contributed by atoms with van der Waals surface area (Å²) in [5, 5.41) is 0. The van der Waals surface area contributed by atoms with Crippen molar-refractivity contribution in [2.45, 2.75) is 71.6 Å². The van der Waals surface area contributed by atoms with Gasteiger partial charge in [-0.15, -0.1) is 0 Å². The Hall–Kier alpha value is -1.69. The normalized spacial score (nSPS) is 27.3. The minimum atomic E-state index is -0.252. The van der Waals surface area contributed by atoms with Crippen LogP contribution < -0.4 is 4.90 Å². The van der Waals surface area contributed by atoms with Gasteiger partial charge in [-0.2, -0.15) is 0 Å². The monoisotopic (exact) mass is 346 g/mol. The van der Waals surface area contributed by atoms with Crippen molar-refractivity contribution in [1.29, 1.82) is 0 Å². The summed E-state index contributed by atoms with van der Waals surface area (Å²) in [7, 11) is 0. The molecule has 0 unspecified atom stereocenters. The Balaban J connectivity index is 1.88. The average molecular weight is 346 g/mol. The summed E-state index contributed by atoms with van der Waals surface area (Å²) >= 11 is 0. The molecule has 1 aromatic rings. The van der Waals surface area contributed by atoms with Gasteiger partial charge in [0.1, 0.15) is 18.2 Å². The predicted molar refractivity (Wildman–Crippen MR) is 97.7 cm³/mol. The van der Waals surface area contributed by atoms with E-state index in [1.807, 2.05) is 0 Å². The van der Waals surface area contributed by atoms with Crippen molar-refractivity contribution in [3.8, 4) is 0 Å². The van der Waals surface area contributed by atoms with Crippen LogP contribution in [0.3, 0.4) is 0 Å². The minimum absolute atomic E-state index is 0.182. The molecule has 1 aromatic heterocycles. The zero-order chi connectivity index (χ0) is 18.4. The summed E-state index contributed by atoms with van der Waals surface area (Å²) in [6.07, 6.45) is 2.16. The van der Waals surface area contributed by atoms with Crippen molar-refractivity contribution in [2.24, 2.45) is 0 Å². The van der Waals surface area contributed by atoms with E-state index < -0.39 is 0 Å². The molecule has 3 atom stereocenters. The highest BCUT2D eigenvalue weighted by Gasteiger charge is 2.38. The van der Waals surface area contributed by atoms with Crippen LogP contribution in [0.1, 0.15) is 71.2 Å². The fourth-order valence-electron chi connectivity index (χ4n) is 4.09. The standard InChI is InChI=1S/C19H30N4O2/c1-12-9-15(25-14(3)24)17-16(12)18(21-11-20-17)23-8-7-22(10-13(23)2)19(4,5)6/h11-13,15H,7-10H2,1-6H3/t12-,13+,15-/m1/s1. The summed E-state index contributed by atoms with van der Waals surface area (Å²) in [5.74, 6) is 1.06. The van der Waals surface area contributed by atoms with Crippen molar-refractivity contribution >= 4 is 11.8 Å². The van der Waals surface area contributed by atoms with E-state index in [9.17, 15) is 4.79 Å². The van der Waals surface area contributed by atoms with Crippen LogP contribution in [0.2, 0.25) is 0 Å². The molecule has 0 spiro atoms. The third kappa shape index (κ3) is 3.50. The molecule has 6 heteroatoms. The summed E-state index contributed by atoms with van der Waals surface area (Å²) in [4.78, 5) is 25.4. The maximum Gasteiger partial charge on any atom is 0.303 e. The maximum atomic E-state index is 11.4. The molecule has 0 bridgehead atoms. The van der Waals surface area contributed by atoms with Gasteiger partial charge in [0, 0.05) is 43.7 Å². The van der Waals surface area contributed by atoms with E-state index in [1.165, 1.54) is 6.92 Å². The summed E-state index contributed by atoms with van der Waals surface area (Å²) in [6.45, 7) is 15.7. The quantitative estimate of drug-likeness (QED) is 0.768. The van der Waals surface area contributed by atoms with Crippen molar-refractivity contribution < 1.29 is 9.53 Å². The molecule has 3 rings (SSSR count). The fraction of sp³-hybridized carbons (Fsp3) is 0.737. The highest BCUT2D eigenvalue weighted by Crippen LogP contribution is 2.45. The predicted octanol–water partition coefficient (Wildman–Crippen LogP) is 2.90. The van der Waals surface area contributed by atoms with Crippen LogP contribution in [0.25, 0.3) is 0 Å². The molecule has 2 heterocycles. The van der Waals surface area contributed by atoms with Crippen LogP contribution in [0.5, 0.6) is 0 Å². The van der Waals surface area contributed by atoms with Crippen LogP contribution in [0.15, 0.2) is 6.33 Å². The molecule has 1 aliphatic heterocycles. The third-order valence-electron chi connectivity index (χ3n) is 5.42. The smallest absolute Gasteiger partial charge is 0.303 e. The lowest BCUT2D eigenvalue weighted by Gasteiger charge is -2.46. The Morgan fingerprint density at radius 2 is 1.96 bits per heavy atom. The second-order valence-electron chi connectivity index (χ2n) is 8.39. The van der Waals surface area contributed by atoms with E-state index in [0.717, 1.165) is 43.1 Å². The number of rotatable bonds is 2. The van der Waals surface area contributed by atoms with E-state index in [0.29, 0.717) is 12.0 Å². The van der Waals surface area contributed by atoms with E-state index in [1.54, 1.807) is 6.33 Å². The second kappa shape index (κ2) is 6.56. The molecular formula is C19H30N4O2. The molecule has 25 heavy (non-hydrogen) atoms. The van der Waals surface area contributed by atoms with Crippen molar-refractivity contribution in [2.75, 3.05) is 24.5 Å². The Morgan fingerprint density at radius 3 is 2.56 bits per heavy atom. The lowest BCUT2D eigenvalue weighted by Crippen LogP contribution is -2.57. The lowest BCUT2D eigenvalue weighted by atomic mass is 10.0. The minimum Gasteiger partial charge on any atom is -0.456 e. The summed E-state index contributed by atoms with van der Waals surface area (Å²) in [6, 6.07) is 0.381. The number of fused-ring (bicyclic) bond motifs is 1. The highest BCUT2D eigenvalue weighted by atomic mass is 16.5. The van der Waals surface area contributed by atoms with E-state index >= 15 is 0 Å². The van der Waals surface area contributed by atoms with E-state index in [2.05, 4.69) is 54.4 Å². The molecule has 0 radical (unpaired) electrons. The van der Waals surface area contributed by atoms with Crippen molar-refractivity contribution in [3.63, 3.8) is 0 Å². The van der Waals surface area contributed by atoms with Gasteiger partial charge in [-0.25, -0.2) is 9.97 Å². The Morgan fingerprint density at radius 1 is 1.24 bits per heavy atom. The lowest BCUT2D eigenvalue weighted by molar-refractivity contribution is -0.146. The average Bonchev–Trinajstić information content (AvgIpc) is 2.82. The molecule has 0 N–H and O–H groups in total. The number of carbonyl (C=O) groups excluding carboxylic acids is 1. The van der Waals surface area contributed by atoms with Crippen molar-refractivity contribution in [1.82, 2.24) is 14.9 Å². The first-order valence-electron chi connectivity index (χ1n) is 9.22. The molecule has 0 saturated carbocycles. The zero-order valence-corrected chi connectivity index (χ0v) is 16.2. The van der Waals surface area contributed by atoms with Gasteiger partial charge in [0.05, 0.1) is 5.69 Å². The molecular weight excluding hydrogens is 316 g/mol. The molecule has 6 nitrogen and oxygen atoms in total. The van der Waals surface area contributed by atoms with Crippen LogP contribution in [-0.4, -0.2) is 52.1 Å². The topological polar surface area (TPSA) is 58.6 Å². The number of esters is 1. The number of aromatic nitrogens is 2. The van der Waals surface area contributed by atoms with Gasteiger partial charge in [0.15, 0.2) is 0 Å². The number of ether oxygens (including phenoxy) is 1. The number of piperazine rings is 1. The molecule has 0 aromatic carbocycles. The fourth-order valence-corrected chi connectivity index (χ4v) is 4.09. The SMILES string of the molecule is CC(=O)O[C@@H]1C[C@@H](C)c2c1ncnc2N1CCN(C(C)(C)C)C[C@@H]1C. The number of nitrogens with zero attached hydrogens (tertiary/aromatic N) is 4. The molecule has 1 fully saturated rings. The first-order chi connectivity index (χ1) is 11.7. The molecule has 0 amide bonds. The van der Waals surface area contributed by atoms with Gasteiger partial charge in [0.2, 0.25) is 0 Å². The van der Waals surface area contributed by atoms with Gasteiger partial charge >= 0.3 is 5.97 Å². The largest absolute Gasteiger partial charge is 0.456 e. The van der Waals surface area contributed by atoms with Gasteiger partial charge in [-0.05, 0) is 40.0 Å². The second-order valence-corrected chi connectivity index (χ2v) is 8.39. The first kappa shape index (κ1) is 18.1. The Bertz CT molecular complexity index is 655. The maximum absolute atomic E-state index is 11.4. The van der Waals surface area contributed by atoms with E-state index in [-0.39, 0.29) is 17.6 Å². The van der Waals surface area contributed by atoms with Crippen molar-refractivity contribution in [3.05, 3.63) is 17.6 Å². The van der Waals surface area contributed by atoms with Gasteiger partial charge in [-0.1, -0.05) is 6.92 Å². The Labute approximate surface area is 150 Å². The molecule has 1 saturated heterocycles. The summed E-state index contributed by atoms with van der Waals surface area (Å²) < 4.78 is 5.48. The van der Waals surface area contributed by atoms with Crippen LogP contribution in [-0.2, 0) is 9.53 Å². The van der Waals surface area contributed by atoms with Gasteiger partial charge in [-0.3, -0.25) is 9.69 Å². The number of hydrogen-bond donors (Lipinski definition) is 0. The van der Waals surface area contributed by atoms with Gasteiger partial charge < -0.3 is 9.64 Å². The van der Waals surface area contributed by atoms with Gasteiger partial charge in [0.25, 0.3) is 0 Å². The molecule has 2 aliphatic rings. The molecule has 138 valence electrons. The summed E-state index contributed by atoms with van der Waals surface area (Å²) in [5.41, 5.74) is 2.23. The number of hydrogen-bond acceptors (Lipinski definition) is 6. The molecule has 1 aliphatic carbocycles. The van der Waals surface area contributed by atoms with Crippen LogP contribution in [0, 0.1) is 0 Å². The highest BCUT2D eigenvalue weighted by molar-refractivity contribution is 5.67. The number of carbonyl (C=O) groups is 1. The Kier molecular flexibility index (Phi) is 4.75. The number of anilines is 1. The van der Waals surface area contributed by atoms with Crippen LogP contribution in [0.4, 0.5) is 5.82 Å². The first-order valence-corrected chi connectivity index (χ1v) is 9.22. The zero-order valence-electron chi connectivity index (χ0n) is 16.2. The van der Waals surface area contributed by atoms with Crippen LogP contribution >= 0.6 is 0 Å².